The average molecular weight is 672 g/mol. The molecule has 0 unspecified atom stereocenters. The molecule has 0 atom stereocenters. The zero-order valence-electron chi connectivity index (χ0n) is 31.2. The van der Waals surface area contributed by atoms with Crippen LogP contribution in [0.25, 0.3) is 34.2 Å². The maximum absolute atomic E-state index is 2.46. The number of benzene rings is 3. The van der Waals surface area contributed by atoms with Gasteiger partial charge in [0.05, 0.1) is 11.4 Å². The molecular formula is C46H49N5+2. The lowest BCUT2D eigenvalue weighted by Crippen LogP contribution is -2.31. The lowest BCUT2D eigenvalue weighted by molar-refractivity contribution is -0.660. The predicted molar refractivity (Wildman–Crippen MR) is 211 cm³/mol. The summed E-state index contributed by atoms with van der Waals surface area (Å²) in [6, 6.07) is 41.4. The molecule has 0 radical (unpaired) electrons. The number of aromatic nitrogens is 4. The van der Waals surface area contributed by atoms with Crippen LogP contribution in [-0.4, -0.2) is 9.13 Å². The Kier molecular flexibility index (Phi) is 9.22. The van der Waals surface area contributed by atoms with Crippen molar-refractivity contribution in [3.63, 3.8) is 0 Å². The van der Waals surface area contributed by atoms with Crippen LogP contribution in [0.4, 0.5) is 17.1 Å². The Labute approximate surface area is 303 Å². The molecule has 0 aliphatic heterocycles. The molecule has 256 valence electrons. The fraction of sp³-hybridized carbons (Fsp3) is 0.217. The van der Waals surface area contributed by atoms with Gasteiger partial charge in [-0.2, -0.15) is 9.13 Å². The number of hydrogen-bond acceptors (Lipinski definition) is 1. The molecule has 0 bridgehead atoms. The first kappa shape index (κ1) is 33.8. The first-order chi connectivity index (χ1) is 24.7. The van der Waals surface area contributed by atoms with Gasteiger partial charge in [0.1, 0.15) is 25.5 Å². The number of rotatable bonds is 9. The van der Waals surface area contributed by atoms with E-state index in [4.69, 9.17) is 0 Å². The molecule has 0 saturated heterocycles. The van der Waals surface area contributed by atoms with E-state index in [1.165, 1.54) is 45.0 Å². The van der Waals surface area contributed by atoms with E-state index in [-0.39, 0.29) is 0 Å². The zero-order chi connectivity index (χ0) is 35.8. The maximum Gasteiger partial charge on any atom is 0.229 e. The van der Waals surface area contributed by atoms with E-state index in [0.717, 1.165) is 28.5 Å². The van der Waals surface area contributed by atoms with Gasteiger partial charge in [0, 0.05) is 64.8 Å². The number of anilines is 3. The van der Waals surface area contributed by atoms with Crippen LogP contribution in [0.3, 0.4) is 0 Å². The van der Waals surface area contributed by atoms with Crippen molar-refractivity contribution >= 4 is 17.1 Å². The predicted octanol–water partition coefficient (Wildman–Crippen LogP) is 10.6. The molecule has 0 aliphatic carbocycles. The largest absolute Gasteiger partial charge is 0.309 e. The fourth-order valence-corrected chi connectivity index (χ4v) is 7.55. The summed E-state index contributed by atoms with van der Waals surface area (Å²) >= 11 is 0. The third-order valence-electron chi connectivity index (χ3n) is 10.2. The van der Waals surface area contributed by atoms with Gasteiger partial charge in [-0.05, 0) is 73.2 Å². The lowest BCUT2D eigenvalue weighted by atomic mass is 10.0. The maximum atomic E-state index is 2.46. The highest BCUT2D eigenvalue weighted by molar-refractivity contribution is 5.87. The lowest BCUT2D eigenvalue weighted by Gasteiger charge is -2.25. The summed E-state index contributed by atoms with van der Waals surface area (Å²) in [5, 5.41) is 0. The highest BCUT2D eigenvalue weighted by Gasteiger charge is 2.31. The van der Waals surface area contributed by atoms with Crippen LogP contribution in [0.1, 0.15) is 61.8 Å². The second-order valence-electron chi connectivity index (χ2n) is 14.2. The number of nitrogens with zero attached hydrogens (tertiary/aromatic N) is 5. The molecular weight excluding hydrogens is 623 g/mol. The molecule has 7 aromatic rings. The number of hydrogen-bond donors (Lipinski definition) is 0. The van der Waals surface area contributed by atoms with Crippen molar-refractivity contribution in [1.82, 2.24) is 9.13 Å². The van der Waals surface area contributed by atoms with Gasteiger partial charge in [-0.15, -0.1) is 0 Å². The molecule has 7 rings (SSSR count). The Hall–Kier alpha value is -5.68. The Morgan fingerprint density at radius 1 is 0.490 bits per heavy atom. The van der Waals surface area contributed by atoms with Crippen LogP contribution in [-0.2, 0) is 14.1 Å². The normalized spacial score (nSPS) is 11.5. The van der Waals surface area contributed by atoms with Crippen molar-refractivity contribution in [3.8, 4) is 34.2 Å². The number of aryl methyl sites for hydroxylation is 2. The van der Waals surface area contributed by atoms with Crippen LogP contribution >= 0.6 is 0 Å². The van der Waals surface area contributed by atoms with Crippen molar-refractivity contribution in [2.75, 3.05) is 4.90 Å². The van der Waals surface area contributed by atoms with Crippen LogP contribution in [0, 0.1) is 13.8 Å². The Balaban J connectivity index is 1.58. The Bertz CT molecular complexity index is 2180. The summed E-state index contributed by atoms with van der Waals surface area (Å²) in [4.78, 5) is 2.46. The van der Waals surface area contributed by atoms with Crippen molar-refractivity contribution in [3.05, 3.63) is 162 Å². The topological polar surface area (TPSA) is 20.9 Å². The summed E-state index contributed by atoms with van der Waals surface area (Å²) in [5.41, 5.74) is 15.5. The van der Waals surface area contributed by atoms with E-state index < -0.39 is 0 Å². The molecule has 0 spiro atoms. The second kappa shape index (κ2) is 13.9. The van der Waals surface area contributed by atoms with Crippen molar-refractivity contribution in [1.29, 1.82) is 0 Å². The summed E-state index contributed by atoms with van der Waals surface area (Å²) in [6.07, 6.45) is 8.98. The third-order valence-corrected chi connectivity index (χ3v) is 10.2. The van der Waals surface area contributed by atoms with Gasteiger partial charge in [-0.1, -0.05) is 82.3 Å². The smallest absolute Gasteiger partial charge is 0.229 e. The molecule has 5 heteroatoms. The number of para-hydroxylation sites is 3. The standard InChI is InChI=1S/C46H49N5/c1-32(2)37-22-12-14-24-39(37)49-30-43(34(5)45(49)41-26-16-18-28-47(41)7)51(36-20-10-9-11-21-36)44-31-50(40-25-15-13-23-38(40)33(3)4)46(35(44)6)42-27-17-19-29-48(42)8/h9-33H,1-8H3/q+2. The Morgan fingerprint density at radius 2 is 0.882 bits per heavy atom. The molecule has 5 nitrogen and oxygen atoms in total. The highest BCUT2D eigenvalue weighted by Crippen LogP contribution is 2.46. The van der Waals surface area contributed by atoms with Crippen LogP contribution in [0.5, 0.6) is 0 Å². The van der Waals surface area contributed by atoms with Crippen molar-refractivity contribution in [2.24, 2.45) is 14.1 Å². The molecule has 4 aromatic heterocycles. The minimum Gasteiger partial charge on any atom is -0.309 e. The van der Waals surface area contributed by atoms with E-state index in [0.29, 0.717) is 11.8 Å². The summed E-state index contributed by atoms with van der Waals surface area (Å²) in [7, 11) is 4.27. The van der Waals surface area contributed by atoms with Gasteiger partial charge >= 0.3 is 0 Å². The van der Waals surface area contributed by atoms with E-state index in [1.807, 2.05) is 0 Å². The molecule has 0 aliphatic rings. The van der Waals surface area contributed by atoms with Gasteiger partial charge in [0.2, 0.25) is 11.4 Å². The third kappa shape index (κ3) is 6.07. The minimum absolute atomic E-state index is 0.362. The molecule has 4 heterocycles. The summed E-state index contributed by atoms with van der Waals surface area (Å²) in [6.45, 7) is 13.7. The van der Waals surface area contributed by atoms with E-state index in [9.17, 15) is 0 Å². The van der Waals surface area contributed by atoms with Crippen molar-refractivity contribution < 1.29 is 9.13 Å². The Morgan fingerprint density at radius 3 is 1.29 bits per heavy atom. The van der Waals surface area contributed by atoms with Gasteiger partial charge < -0.3 is 14.0 Å². The number of pyridine rings is 2. The van der Waals surface area contributed by atoms with E-state index >= 15 is 0 Å². The van der Waals surface area contributed by atoms with Crippen LogP contribution in [0.15, 0.2) is 140 Å². The zero-order valence-corrected chi connectivity index (χ0v) is 31.2. The van der Waals surface area contributed by atoms with E-state index in [2.05, 4.69) is 219 Å². The highest BCUT2D eigenvalue weighted by atomic mass is 15.2. The molecule has 0 N–H and O–H groups in total. The first-order valence-electron chi connectivity index (χ1n) is 18.0. The first-order valence-corrected chi connectivity index (χ1v) is 18.0. The molecule has 3 aromatic carbocycles. The molecule has 0 amide bonds. The van der Waals surface area contributed by atoms with Gasteiger partial charge in [-0.3, -0.25) is 0 Å². The van der Waals surface area contributed by atoms with Gasteiger partial charge in [0.15, 0.2) is 12.4 Å². The monoisotopic (exact) mass is 671 g/mol. The summed E-state index contributed by atoms with van der Waals surface area (Å²) in [5.74, 6) is 0.725. The minimum atomic E-state index is 0.362. The molecule has 0 saturated carbocycles. The SMILES string of the molecule is Cc1c(N(c2ccccc2)c2cn(-c3ccccc3C(C)C)c(-c3cccc[n+]3C)c2C)cn(-c2ccccc2C(C)C)c1-c1cccc[n+]1C. The average Bonchev–Trinajstić information content (AvgIpc) is 3.65. The molecule has 51 heavy (non-hydrogen) atoms. The van der Waals surface area contributed by atoms with Gasteiger partial charge in [-0.25, -0.2) is 0 Å². The van der Waals surface area contributed by atoms with Crippen molar-refractivity contribution in [2.45, 2.75) is 53.4 Å². The quantitative estimate of drug-likeness (QED) is 0.140. The molecule has 0 fully saturated rings. The van der Waals surface area contributed by atoms with Gasteiger partial charge in [0.25, 0.3) is 0 Å². The fourth-order valence-electron chi connectivity index (χ4n) is 7.55. The van der Waals surface area contributed by atoms with Crippen LogP contribution < -0.4 is 14.0 Å². The summed E-state index contributed by atoms with van der Waals surface area (Å²) < 4.78 is 9.30. The van der Waals surface area contributed by atoms with E-state index in [1.54, 1.807) is 0 Å². The van der Waals surface area contributed by atoms with Crippen LogP contribution in [0.2, 0.25) is 0 Å². The second-order valence-corrected chi connectivity index (χ2v) is 14.2.